The third kappa shape index (κ3) is 3.03. The number of para-hydroxylation sites is 1. The quantitative estimate of drug-likeness (QED) is 0.851. The Morgan fingerprint density at radius 2 is 1.96 bits per heavy atom. The first-order chi connectivity index (χ1) is 11.6. The monoisotopic (exact) mass is 346 g/mol. The van der Waals surface area contributed by atoms with Crippen molar-refractivity contribution < 1.29 is 13.2 Å². The van der Waals surface area contributed by atoms with Gasteiger partial charge in [-0.05, 0) is 44.4 Å². The number of nitrogens with zero attached hydrogens (tertiary/aromatic N) is 2. The van der Waals surface area contributed by atoms with Crippen LogP contribution in [0.1, 0.15) is 37.8 Å². The minimum absolute atomic E-state index is 0.0705. The molecule has 1 aromatic carbocycles. The number of piperidine rings is 1. The number of ether oxygens (including phenoxy) is 1. The average molecular weight is 346 g/mol. The van der Waals surface area contributed by atoms with Crippen molar-refractivity contribution in [2.45, 2.75) is 43.2 Å². The summed E-state index contributed by atoms with van der Waals surface area (Å²) in [4.78, 5) is 4.21. The molecule has 5 nitrogen and oxygen atoms in total. The lowest BCUT2D eigenvalue weighted by Gasteiger charge is -2.40. The lowest BCUT2D eigenvalue weighted by Crippen LogP contribution is -2.44. The first-order valence-corrected chi connectivity index (χ1v) is 9.56. The number of hydrogen-bond donors (Lipinski definition) is 0. The average Bonchev–Trinajstić information content (AvgIpc) is 2.62. The molecule has 0 amide bonds. The van der Waals surface area contributed by atoms with Gasteiger partial charge in [0.15, 0.2) is 0 Å². The normalized spacial score (nSPS) is 22.2. The van der Waals surface area contributed by atoms with Crippen LogP contribution in [0.3, 0.4) is 0 Å². The highest BCUT2D eigenvalue weighted by Crippen LogP contribution is 2.41. The summed E-state index contributed by atoms with van der Waals surface area (Å²) >= 11 is 0. The first kappa shape index (κ1) is 16.9. The molecule has 0 saturated carbocycles. The van der Waals surface area contributed by atoms with Gasteiger partial charge in [0.05, 0.1) is 13.2 Å². The second kappa shape index (κ2) is 6.91. The Hall–Kier alpha value is -1.92. The van der Waals surface area contributed by atoms with Crippen LogP contribution >= 0.6 is 0 Å². The maximum absolute atomic E-state index is 13.2. The van der Waals surface area contributed by atoms with Crippen molar-refractivity contribution in [2.24, 2.45) is 0 Å². The highest BCUT2D eigenvalue weighted by atomic mass is 32.2. The molecule has 0 aliphatic carbocycles. The summed E-state index contributed by atoms with van der Waals surface area (Å²) < 4.78 is 33.5. The zero-order chi connectivity index (χ0) is 17.2. The molecule has 1 aromatic heterocycles. The predicted octanol–water partition coefficient (Wildman–Crippen LogP) is 3.39. The molecule has 0 radical (unpaired) electrons. The van der Waals surface area contributed by atoms with E-state index in [0.717, 1.165) is 30.6 Å². The van der Waals surface area contributed by atoms with E-state index in [0.29, 0.717) is 0 Å². The molecule has 0 bridgehead atoms. The Balaban J connectivity index is 2.08. The van der Waals surface area contributed by atoms with Crippen LogP contribution in [0.2, 0.25) is 0 Å². The van der Waals surface area contributed by atoms with Gasteiger partial charge in [0.1, 0.15) is 10.6 Å². The molecule has 0 spiro atoms. The Bertz CT molecular complexity index is 793. The largest absolute Gasteiger partial charge is 0.496 e. The van der Waals surface area contributed by atoms with Gasteiger partial charge in [0, 0.05) is 24.0 Å². The zero-order valence-corrected chi connectivity index (χ0v) is 14.7. The van der Waals surface area contributed by atoms with E-state index in [1.54, 1.807) is 29.7 Å². The van der Waals surface area contributed by atoms with Crippen molar-refractivity contribution in [3.8, 4) is 5.75 Å². The number of methoxy groups -OCH3 is 1. The van der Waals surface area contributed by atoms with Crippen molar-refractivity contribution in [2.75, 3.05) is 7.11 Å². The van der Waals surface area contributed by atoms with E-state index in [1.807, 2.05) is 31.2 Å². The SMILES string of the molecule is COc1ccccc1[C@H]1CCC[C@@H](C)N1S(=O)(=O)c1cccnc1. The molecule has 2 atom stereocenters. The van der Waals surface area contributed by atoms with Gasteiger partial charge >= 0.3 is 0 Å². The highest BCUT2D eigenvalue weighted by molar-refractivity contribution is 7.89. The number of hydrogen-bond acceptors (Lipinski definition) is 4. The van der Waals surface area contributed by atoms with Crippen LogP contribution < -0.4 is 4.74 Å². The van der Waals surface area contributed by atoms with Crippen LogP contribution in [0.15, 0.2) is 53.7 Å². The molecular weight excluding hydrogens is 324 g/mol. The van der Waals surface area contributed by atoms with Crippen molar-refractivity contribution in [3.05, 3.63) is 54.4 Å². The van der Waals surface area contributed by atoms with Gasteiger partial charge in [-0.25, -0.2) is 8.42 Å². The zero-order valence-electron chi connectivity index (χ0n) is 13.9. The number of pyridine rings is 1. The topological polar surface area (TPSA) is 59.5 Å². The fourth-order valence-corrected chi connectivity index (χ4v) is 5.25. The summed E-state index contributed by atoms with van der Waals surface area (Å²) in [5.74, 6) is 0.725. The molecule has 0 unspecified atom stereocenters. The molecule has 3 rings (SSSR count). The van der Waals surface area contributed by atoms with Gasteiger partial charge in [-0.15, -0.1) is 0 Å². The number of aromatic nitrogens is 1. The minimum atomic E-state index is -3.62. The lowest BCUT2D eigenvalue weighted by atomic mass is 9.93. The van der Waals surface area contributed by atoms with Crippen LogP contribution in [0.25, 0.3) is 0 Å². The second-order valence-electron chi connectivity index (χ2n) is 6.06. The Kier molecular flexibility index (Phi) is 4.87. The molecule has 1 saturated heterocycles. The van der Waals surface area contributed by atoms with Crippen molar-refractivity contribution >= 4 is 10.0 Å². The summed E-state index contributed by atoms with van der Waals surface area (Å²) in [7, 11) is -2.00. The van der Waals surface area contributed by atoms with Gasteiger partial charge in [0.25, 0.3) is 0 Å². The molecule has 128 valence electrons. The van der Waals surface area contributed by atoms with E-state index < -0.39 is 10.0 Å². The predicted molar refractivity (Wildman–Crippen MR) is 92.3 cm³/mol. The van der Waals surface area contributed by atoms with Gasteiger partial charge in [-0.2, -0.15) is 4.31 Å². The lowest BCUT2D eigenvalue weighted by molar-refractivity contribution is 0.189. The van der Waals surface area contributed by atoms with Crippen molar-refractivity contribution in [1.82, 2.24) is 9.29 Å². The third-order valence-electron chi connectivity index (χ3n) is 4.55. The van der Waals surface area contributed by atoms with E-state index in [9.17, 15) is 8.42 Å². The Morgan fingerprint density at radius 3 is 2.67 bits per heavy atom. The molecule has 1 aliphatic heterocycles. The minimum Gasteiger partial charge on any atom is -0.496 e. The Labute approximate surface area is 143 Å². The van der Waals surface area contributed by atoms with Crippen LogP contribution in [0.4, 0.5) is 0 Å². The van der Waals surface area contributed by atoms with E-state index in [1.165, 1.54) is 6.20 Å². The molecule has 0 N–H and O–H groups in total. The summed E-state index contributed by atoms with van der Waals surface area (Å²) in [6.45, 7) is 1.97. The van der Waals surface area contributed by atoms with Crippen LogP contribution in [-0.2, 0) is 10.0 Å². The first-order valence-electron chi connectivity index (χ1n) is 8.12. The van der Waals surface area contributed by atoms with E-state index in [2.05, 4.69) is 4.98 Å². The van der Waals surface area contributed by atoms with E-state index >= 15 is 0 Å². The molecule has 1 aliphatic rings. The molecule has 24 heavy (non-hydrogen) atoms. The fraction of sp³-hybridized carbons (Fsp3) is 0.389. The second-order valence-corrected chi connectivity index (χ2v) is 7.90. The molecule has 1 fully saturated rings. The number of benzene rings is 1. The van der Waals surface area contributed by atoms with Gasteiger partial charge in [0.2, 0.25) is 10.0 Å². The third-order valence-corrected chi connectivity index (χ3v) is 6.56. The maximum atomic E-state index is 13.2. The highest BCUT2D eigenvalue weighted by Gasteiger charge is 2.39. The molecule has 2 heterocycles. The van der Waals surface area contributed by atoms with Gasteiger partial charge < -0.3 is 4.74 Å². The maximum Gasteiger partial charge on any atom is 0.245 e. The number of sulfonamides is 1. The van der Waals surface area contributed by atoms with Crippen molar-refractivity contribution in [1.29, 1.82) is 0 Å². The summed E-state index contributed by atoms with van der Waals surface area (Å²) in [6.07, 6.45) is 5.62. The molecular formula is C18H22N2O3S. The summed E-state index contributed by atoms with van der Waals surface area (Å²) in [6, 6.07) is 10.6. The van der Waals surface area contributed by atoms with Crippen LogP contribution in [-0.4, -0.2) is 30.9 Å². The Morgan fingerprint density at radius 1 is 1.17 bits per heavy atom. The van der Waals surface area contributed by atoms with Gasteiger partial charge in [-0.3, -0.25) is 4.98 Å². The van der Waals surface area contributed by atoms with E-state index in [4.69, 9.17) is 4.74 Å². The van der Waals surface area contributed by atoms with Gasteiger partial charge in [-0.1, -0.05) is 18.2 Å². The van der Waals surface area contributed by atoms with Crippen molar-refractivity contribution in [3.63, 3.8) is 0 Å². The van der Waals surface area contributed by atoms with Crippen LogP contribution in [0, 0.1) is 0 Å². The molecule has 2 aromatic rings. The smallest absolute Gasteiger partial charge is 0.245 e. The fourth-order valence-electron chi connectivity index (χ4n) is 3.43. The number of rotatable bonds is 4. The standard InChI is InChI=1S/C18H22N2O3S/c1-14-7-5-10-17(16-9-3-4-11-18(16)23-2)20(14)24(21,22)15-8-6-12-19-13-15/h3-4,6,8-9,11-14,17H,5,7,10H2,1-2H3/t14-,17-/m1/s1. The summed E-state index contributed by atoms with van der Waals surface area (Å²) in [5, 5.41) is 0. The summed E-state index contributed by atoms with van der Waals surface area (Å²) in [5.41, 5.74) is 0.916. The van der Waals surface area contributed by atoms with Crippen LogP contribution in [0.5, 0.6) is 5.75 Å². The molecule has 6 heteroatoms. The van der Waals surface area contributed by atoms with E-state index in [-0.39, 0.29) is 17.0 Å².